The maximum absolute atomic E-state index is 15.2. The van der Waals surface area contributed by atoms with E-state index in [2.05, 4.69) is 20.2 Å². The fourth-order valence-electron chi connectivity index (χ4n) is 10.9. The van der Waals surface area contributed by atoms with Gasteiger partial charge in [0.1, 0.15) is 24.2 Å². The molecule has 1 fully saturated rings. The van der Waals surface area contributed by atoms with Gasteiger partial charge >= 0.3 is 23.9 Å². The standard InChI is InChI=1S/C70H90N10O14/c1-43(2)31-55-67(85)89-47(9)63(81)75(11)58(34-46(7)8)70(88)94-60(36-50-23-27-52(28-24-50)40-80-42-54(38-74-80)92-62-20-16-18-30-72-62)66(84)78(14)56(32-44(3)4)68(86)90-48(10)64(82)76(12)57(33-45(5)6)69(87)93-59(65(83)77(55)13)35-49-21-25-51(26-22-49)39-79-41-53(37-73-79)91-61-19-15-17-29-71-61/h15-30,37-38,41-48,55-60H,31-36,39-40H2,1-14H3/t47-,48-,55-,56-,57-,58-,59-,60-/m0/s1. The molecule has 0 spiro atoms. The molecular formula is C70H90N10O14. The Kier molecular flexibility index (Phi) is 25.6. The predicted molar refractivity (Wildman–Crippen MR) is 346 cm³/mol. The lowest BCUT2D eigenvalue weighted by molar-refractivity contribution is -0.176. The van der Waals surface area contributed by atoms with E-state index in [1.54, 1.807) is 95.1 Å². The molecule has 504 valence electrons. The van der Waals surface area contributed by atoms with Gasteiger partial charge in [-0.25, -0.2) is 29.1 Å². The first kappa shape index (κ1) is 72.0. The van der Waals surface area contributed by atoms with E-state index in [0.717, 1.165) is 30.7 Å². The van der Waals surface area contributed by atoms with Crippen molar-refractivity contribution in [2.24, 2.45) is 23.7 Å². The fourth-order valence-corrected chi connectivity index (χ4v) is 10.9. The first-order chi connectivity index (χ1) is 44.6. The van der Waals surface area contributed by atoms with Gasteiger partial charge in [0.15, 0.2) is 35.9 Å². The minimum atomic E-state index is -1.58. The average Bonchev–Trinajstić information content (AvgIpc) is 1.09. The number of nitrogens with zero attached hydrogens (tertiary/aromatic N) is 10. The van der Waals surface area contributed by atoms with Crippen LogP contribution in [0.1, 0.15) is 117 Å². The van der Waals surface area contributed by atoms with E-state index in [1.165, 1.54) is 42.0 Å². The molecule has 2 aromatic carbocycles. The summed E-state index contributed by atoms with van der Waals surface area (Å²) in [7, 11) is 5.53. The third kappa shape index (κ3) is 20.3. The van der Waals surface area contributed by atoms with Gasteiger partial charge in [-0.15, -0.1) is 0 Å². The van der Waals surface area contributed by atoms with Crippen LogP contribution in [0.5, 0.6) is 23.3 Å². The van der Waals surface area contributed by atoms with Crippen molar-refractivity contribution in [3.63, 3.8) is 0 Å². The van der Waals surface area contributed by atoms with Gasteiger partial charge in [-0.1, -0.05) is 116 Å². The number of carbonyl (C=O) groups is 8. The highest BCUT2D eigenvalue weighted by Gasteiger charge is 2.43. The number of likely N-dealkylation sites (N-methyl/N-ethyl adjacent to an activating group) is 4. The van der Waals surface area contributed by atoms with E-state index in [9.17, 15) is 28.8 Å². The van der Waals surface area contributed by atoms with Crippen molar-refractivity contribution >= 4 is 47.5 Å². The van der Waals surface area contributed by atoms with Crippen LogP contribution in [-0.2, 0) is 83.2 Å². The van der Waals surface area contributed by atoms with Crippen LogP contribution in [0.4, 0.5) is 0 Å². The van der Waals surface area contributed by atoms with Gasteiger partial charge in [0.25, 0.3) is 23.6 Å². The number of hydrogen-bond donors (Lipinski definition) is 0. The van der Waals surface area contributed by atoms with Crippen molar-refractivity contribution in [1.82, 2.24) is 49.1 Å². The van der Waals surface area contributed by atoms with Crippen LogP contribution in [-0.4, -0.2) is 173 Å². The van der Waals surface area contributed by atoms with Gasteiger partial charge in [0.05, 0.1) is 37.9 Å². The van der Waals surface area contributed by atoms with Crippen LogP contribution < -0.4 is 9.47 Å². The van der Waals surface area contributed by atoms with Crippen molar-refractivity contribution in [2.75, 3.05) is 28.2 Å². The summed E-state index contributed by atoms with van der Waals surface area (Å²) in [5, 5.41) is 8.85. The maximum atomic E-state index is 15.2. The van der Waals surface area contributed by atoms with Crippen LogP contribution in [0.15, 0.2) is 122 Å². The van der Waals surface area contributed by atoms with Gasteiger partial charge < -0.3 is 48.0 Å². The molecule has 1 aliphatic rings. The van der Waals surface area contributed by atoms with Gasteiger partial charge in [-0.2, -0.15) is 10.2 Å². The minimum Gasteiger partial charge on any atom is -0.451 e. The number of ether oxygens (including phenoxy) is 6. The summed E-state index contributed by atoms with van der Waals surface area (Å²) in [5.74, 6) is -5.95. The normalized spacial score (nSPS) is 21.4. The van der Waals surface area contributed by atoms with Crippen molar-refractivity contribution < 1.29 is 66.8 Å². The van der Waals surface area contributed by atoms with Crippen LogP contribution in [0.25, 0.3) is 0 Å². The highest BCUT2D eigenvalue weighted by molar-refractivity contribution is 5.94. The lowest BCUT2D eigenvalue weighted by Gasteiger charge is -2.35. The Morgan fingerprint density at radius 3 is 1.00 bits per heavy atom. The first-order valence-electron chi connectivity index (χ1n) is 31.9. The van der Waals surface area contributed by atoms with Crippen molar-refractivity contribution in [1.29, 1.82) is 0 Å². The summed E-state index contributed by atoms with van der Waals surface area (Å²) in [6, 6.07) is 19.8. The zero-order chi connectivity index (χ0) is 68.5. The molecule has 8 atom stereocenters. The number of rotatable bonds is 20. The Labute approximate surface area is 550 Å². The van der Waals surface area contributed by atoms with Crippen molar-refractivity contribution in [2.45, 2.75) is 169 Å². The third-order valence-corrected chi connectivity index (χ3v) is 16.0. The summed E-state index contributed by atoms with van der Waals surface area (Å²) in [6.07, 6.45) is 3.52. The van der Waals surface area contributed by atoms with Crippen molar-refractivity contribution in [3.05, 3.63) is 144 Å². The highest BCUT2D eigenvalue weighted by Crippen LogP contribution is 2.26. The zero-order valence-electron chi connectivity index (χ0n) is 56.3. The monoisotopic (exact) mass is 1290 g/mol. The Morgan fingerprint density at radius 2 is 0.702 bits per heavy atom. The topological polar surface area (TPSA) is 266 Å². The highest BCUT2D eigenvalue weighted by atomic mass is 16.6. The van der Waals surface area contributed by atoms with Crippen LogP contribution in [0.3, 0.4) is 0 Å². The summed E-state index contributed by atoms with van der Waals surface area (Å²) in [4.78, 5) is 132. The number of amides is 4. The molecule has 6 aromatic rings. The second-order valence-electron chi connectivity index (χ2n) is 25.7. The van der Waals surface area contributed by atoms with Crippen LogP contribution in [0.2, 0.25) is 0 Å². The molecule has 0 radical (unpaired) electrons. The van der Waals surface area contributed by atoms with E-state index in [4.69, 9.17) is 28.4 Å². The summed E-state index contributed by atoms with van der Waals surface area (Å²) in [6.45, 7) is 18.2. The van der Waals surface area contributed by atoms with E-state index in [1.807, 2.05) is 91.8 Å². The van der Waals surface area contributed by atoms with E-state index in [0.29, 0.717) is 47.5 Å². The first-order valence-corrected chi connectivity index (χ1v) is 31.9. The number of cyclic esters (lactones) is 4. The van der Waals surface area contributed by atoms with E-state index < -0.39 is 96.1 Å². The van der Waals surface area contributed by atoms with Crippen LogP contribution >= 0.6 is 0 Å². The Balaban J connectivity index is 1.21. The predicted octanol–water partition coefficient (Wildman–Crippen LogP) is 8.53. The second kappa shape index (κ2) is 33.4. The number of hydrogen-bond acceptors (Lipinski definition) is 18. The molecule has 0 unspecified atom stereocenters. The van der Waals surface area contributed by atoms with Gasteiger partial charge in [-0.05, 0) is 97.6 Å². The number of pyridine rings is 2. The summed E-state index contributed by atoms with van der Waals surface area (Å²) >= 11 is 0. The number of aromatic nitrogens is 6. The van der Waals surface area contributed by atoms with E-state index in [-0.39, 0.29) is 62.2 Å². The van der Waals surface area contributed by atoms with E-state index >= 15 is 9.59 Å². The quantitative estimate of drug-likeness (QED) is 0.0512. The third-order valence-electron chi connectivity index (χ3n) is 16.0. The summed E-state index contributed by atoms with van der Waals surface area (Å²) < 4.78 is 39.4. The number of esters is 4. The molecule has 4 amide bonds. The number of benzene rings is 2. The molecule has 0 N–H and O–H groups in total. The Bertz CT molecular complexity index is 3260. The van der Waals surface area contributed by atoms with Gasteiger partial charge in [0.2, 0.25) is 11.8 Å². The van der Waals surface area contributed by atoms with Crippen LogP contribution in [0, 0.1) is 23.7 Å². The molecule has 4 aromatic heterocycles. The molecule has 1 saturated heterocycles. The molecule has 24 heteroatoms. The lowest BCUT2D eigenvalue weighted by Crippen LogP contribution is -2.55. The summed E-state index contributed by atoms with van der Waals surface area (Å²) in [5.41, 5.74) is 2.82. The minimum absolute atomic E-state index is 0.0554. The number of carbonyl (C=O) groups excluding carboxylic acids is 8. The fraction of sp³-hybridized carbons (Fsp3) is 0.486. The maximum Gasteiger partial charge on any atom is 0.329 e. The molecular weight excluding hydrogens is 1200 g/mol. The molecule has 0 aliphatic carbocycles. The zero-order valence-corrected chi connectivity index (χ0v) is 56.3. The molecule has 1 aliphatic heterocycles. The second-order valence-corrected chi connectivity index (χ2v) is 25.7. The van der Waals surface area contributed by atoms with Gasteiger partial charge in [0, 0.05) is 65.6 Å². The molecule has 0 saturated carbocycles. The molecule has 7 rings (SSSR count). The molecule has 5 heterocycles. The molecule has 24 nitrogen and oxygen atoms in total. The van der Waals surface area contributed by atoms with Gasteiger partial charge in [-0.3, -0.25) is 28.5 Å². The smallest absolute Gasteiger partial charge is 0.329 e. The lowest BCUT2D eigenvalue weighted by atomic mass is 9.99. The van der Waals surface area contributed by atoms with Crippen molar-refractivity contribution in [3.8, 4) is 23.3 Å². The molecule has 94 heavy (non-hydrogen) atoms. The average molecular weight is 1300 g/mol. The Hall–Kier alpha value is -9.48. The largest absolute Gasteiger partial charge is 0.451 e. The Morgan fingerprint density at radius 1 is 0.404 bits per heavy atom. The molecule has 0 bridgehead atoms. The SMILES string of the molecule is CC(C)C[C@H]1C(=O)O[C@@H](Cc2ccc(Cn3cc(Oc4ccccn4)cn3)cc2)C(=O)N(C)[C@@H](CC(C)C)C(=O)O[C@@H](C)C(=O)N(C)[C@@H](CC(C)C)C(=O)O[C@@H](Cc2ccc(Cn3cc(Oc4ccccn4)cn3)cc2)C(=O)N(C)[C@@H](CC(C)C)C(=O)O[C@@H](C)C(=O)N1C.